The Bertz CT molecular complexity index is 978. The summed E-state index contributed by atoms with van der Waals surface area (Å²) in [7, 11) is 0. The molecule has 8 heteroatoms. The fraction of sp³-hybridized carbons (Fsp3) is 0.250. The first-order chi connectivity index (χ1) is 13.5. The molecular weight excluding hydrogens is 356 g/mol. The molecule has 0 radical (unpaired) electrons. The number of rotatable bonds is 7. The van der Waals surface area contributed by atoms with E-state index in [0.717, 1.165) is 17.7 Å². The highest BCUT2D eigenvalue weighted by atomic mass is 16.6. The summed E-state index contributed by atoms with van der Waals surface area (Å²) in [5.74, 6) is 1.05. The van der Waals surface area contributed by atoms with E-state index in [0.29, 0.717) is 23.0 Å². The van der Waals surface area contributed by atoms with Gasteiger partial charge in [0.05, 0.1) is 16.2 Å². The van der Waals surface area contributed by atoms with Crippen molar-refractivity contribution < 1.29 is 4.92 Å². The van der Waals surface area contributed by atoms with E-state index >= 15 is 0 Å². The van der Waals surface area contributed by atoms with Gasteiger partial charge in [-0.2, -0.15) is 4.98 Å². The van der Waals surface area contributed by atoms with Crippen molar-refractivity contribution >= 4 is 23.1 Å². The van der Waals surface area contributed by atoms with Crippen LogP contribution in [0.4, 0.5) is 23.1 Å². The van der Waals surface area contributed by atoms with Crippen molar-refractivity contribution in [1.82, 2.24) is 15.0 Å². The summed E-state index contributed by atoms with van der Waals surface area (Å²) in [6.07, 6.45) is 4.34. The third kappa shape index (κ3) is 4.40. The van der Waals surface area contributed by atoms with Crippen LogP contribution in [0.3, 0.4) is 0 Å². The van der Waals surface area contributed by atoms with Crippen molar-refractivity contribution in [3.63, 3.8) is 0 Å². The molecule has 2 N–H and O–H groups in total. The first kappa shape index (κ1) is 19.2. The van der Waals surface area contributed by atoms with E-state index in [1.807, 2.05) is 18.2 Å². The van der Waals surface area contributed by atoms with E-state index in [4.69, 9.17) is 0 Å². The lowest BCUT2D eigenvalue weighted by molar-refractivity contribution is -0.385. The maximum atomic E-state index is 11.2. The van der Waals surface area contributed by atoms with E-state index in [-0.39, 0.29) is 11.7 Å². The Labute approximate surface area is 163 Å². The van der Waals surface area contributed by atoms with Gasteiger partial charge in [0.15, 0.2) is 0 Å². The van der Waals surface area contributed by atoms with Gasteiger partial charge >= 0.3 is 0 Å². The minimum Gasteiger partial charge on any atom is -0.352 e. The second kappa shape index (κ2) is 8.43. The summed E-state index contributed by atoms with van der Waals surface area (Å²) in [4.78, 5) is 24.0. The zero-order valence-electron chi connectivity index (χ0n) is 16.0. The Morgan fingerprint density at radius 1 is 1.18 bits per heavy atom. The maximum Gasteiger partial charge on any atom is 0.274 e. The molecule has 2 aromatic heterocycles. The monoisotopic (exact) mass is 378 g/mol. The molecule has 0 saturated heterocycles. The van der Waals surface area contributed by atoms with Crippen LogP contribution >= 0.6 is 0 Å². The number of hydrogen-bond donors (Lipinski definition) is 2. The number of aromatic nitrogens is 3. The predicted molar refractivity (Wildman–Crippen MR) is 110 cm³/mol. The van der Waals surface area contributed by atoms with Gasteiger partial charge in [-0.05, 0) is 38.5 Å². The van der Waals surface area contributed by atoms with Crippen LogP contribution in [-0.2, 0) is 0 Å². The highest BCUT2D eigenvalue weighted by molar-refractivity contribution is 5.70. The van der Waals surface area contributed by atoms with Crippen LogP contribution in [0.1, 0.15) is 25.8 Å². The molecular formula is C20H22N6O2. The standard InChI is InChI=1S/C20H22N6O2/c1-4-13(2)22-20-24-17(15-8-10-21-11-9-15)12-19(25-20)23-16-6-5-7-18(14(16)3)26(27)28/h5-13H,4H2,1-3H3,(H2,22,23,24,25)/t13-/m1/s1. The van der Waals surface area contributed by atoms with E-state index in [2.05, 4.69) is 39.4 Å². The number of benzene rings is 1. The quantitative estimate of drug-likeness (QED) is 0.453. The van der Waals surface area contributed by atoms with Gasteiger partial charge in [-0.25, -0.2) is 4.98 Å². The number of hydrogen-bond acceptors (Lipinski definition) is 7. The predicted octanol–water partition coefficient (Wildman–Crippen LogP) is 4.71. The van der Waals surface area contributed by atoms with Crippen molar-refractivity contribution in [1.29, 1.82) is 0 Å². The van der Waals surface area contributed by atoms with Crippen molar-refractivity contribution in [3.05, 3.63) is 64.5 Å². The van der Waals surface area contributed by atoms with Gasteiger partial charge in [0.2, 0.25) is 5.95 Å². The molecule has 0 aliphatic heterocycles. The van der Waals surface area contributed by atoms with Crippen molar-refractivity contribution in [2.24, 2.45) is 0 Å². The number of nitro groups is 1. The topological polar surface area (TPSA) is 106 Å². The van der Waals surface area contributed by atoms with Crippen molar-refractivity contribution in [3.8, 4) is 11.3 Å². The van der Waals surface area contributed by atoms with Crippen LogP contribution in [0.25, 0.3) is 11.3 Å². The second-order valence-corrected chi connectivity index (χ2v) is 6.48. The fourth-order valence-electron chi connectivity index (χ4n) is 2.66. The van der Waals surface area contributed by atoms with Crippen LogP contribution in [0, 0.1) is 17.0 Å². The zero-order valence-corrected chi connectivity index (χ0v) is 16.0. The van der Waals surface area contributed by atoms with Gasteiger partial charge in [-0.3, -0.25) is 15.1 Å². The van der Waals surface area contributed by atoms with Crippen LogP contribution in [0.2, 0.25) is 0 Å². The maximum absolute atomic E-state index is 11.2. The smallest absolute Gasteiger partial charge is 0.274 e. The van der Waals surface area contributed by atoms with E-state index in [1.54, 1.807) is 31.5 Å². The molecule has 3 aromatic rings. The molecule has 0 unspecified atom stereocenters. The number of nitrogens with zero attached hydrogens (tertiary/aromatic N) is 4. The molecule has 0 aliphatic carbocycles. The molecule has 0 fully saturated rings. The third-order valence-electron chi connectivity index (χ3n) is 4.45. The summed E-state index contributed by atoms with van der Waals surface area (Å²) in [6.45, 7) is 5.85. The summed E-state index contributed by atoms with van der Waals surface area (Å²) in [6, 6.07) is 10.7. The molecule has 0 spiro atoms. The van der Waals surface area contributed by atoms with Gasteiger partial charge in [0, 0.05) is 41.8 Å². The minimum absolute atomic E-state index is 0.0615. The first-order valence-corrected chi connectivity index (χ1v) is 9.05. The first-order valence-electron chi connectivity index (χ1n) is 9.05. The van der Waals surface area contributed by atoms with Crippen LogP contribution in [-0.4, -0.2) is 25.9 Å². The van der Waals surface area contributed by atoms with Crippen LogP contribution in [0.15, 0.2) is 48.8 Å². The molecule has 0 saturated carbocycles. The SMILES string of the molecule is CC[C@@H](C)Nc1nc(Nc2cccc([N+](=O)[O-])c2C)cc(-c2ccncc2)n1. The van der Waals surface area contributed by atoms with Gasteiger partial charge < -0.3 is 10.6 Å². The molecule has 3 rings (SSSR count). The molecule has 1 atom stereocenters. The molecule has 0 aliphatic rings. The largest absolute Gasteiger partial charge is 0.352 e. The Morgan fingerprint density at radius 2 is 1.93 bits per heavy atom. The molecule has 28 heavy (non-hydrogen) atoms. The van der Waals surface area contributed by atoms with Crippen LogP contribution in [0.5, 0.6) is 0 Å². The normalized spacial score (nSPS) is 11.7. The Hall–Kier alpha value is -3.55. The number of nitrogens with one attached hydrogen (secondary N) is 2. The molecule has 0 amide bonds. The summed E-state index contributed by atoms with van der Waals surface area (Å²) < 4.78 is 0. The number of pyridine rings is 1. The fourth-order valence-corrected chi connectivity index (χ4v) is 2.66. The third-order valence-corrected chi connectivity index (χ3v) is 4.45. The average molecular weight is 378 g/mol. The molecule has 144 valence electrons. The Kier molecular flexibility index (Phi) is 5.78. The van der Waals surface area contributed by atoms with Crippen molar-refractivity contribution in [2.45, 2.75) is 33.2 Å². The zero-order chi connectivity index (χ0) is 20.1. The Balaban J connectivity index is 2.01. The molecule has 1 aromatic carbocycles. The second-order valence-electron chi connectivity index (χ2n) is 6.48. The summed E-state index contributed by atoms with van der Waals surface area (Å²) in [5.41, 5.74) is 2.87. The highest BCUT2D eigenvalue weighted by Crippen LogP contribution is 2.29. The van der Waals surface area contributed by atoms with E-state index in [1.165, 1.54) is 6.07 Å². The highest BCUT2D eigenvalue weighted by Gasteiger charge is 2.15. The number of anilines is 3. The lowest BCUT2D eigenvalue weighted by Gasteiger charge is -2.15. The minimum atomic E-state index is -0.390. The van der Waals surface area contributed by atoms with Crippen LogP contribution < -0.4 is 10.6 Å². The number of nitro benzene ring substituents is 1. The Morgan fingerprint density at radius 3 is 2.61 bits per heavy atom. The molecule has 0 bridgehead atoms. The van der Waals surface area contributed by atoms with E-state index in [9.17, 15) is 10.1 Å². The van der Waals surface area contributed by atoms with Crippen molar-refractivity contribution in [2.75, 3.05) is 10.6 Å². The van der Waals surface area contributed by atoms with Gasteiger partial charge in [0.25, 0.3) is 5.69 Å². The van der Waals surface area contributed by atoms with Gasteiger partial charge in [-0.1, -0.05) is 13.0 Å². The summed E-state index contributed by atoms with van der Waals surface area (Å²) in [5, 5.41) is 17.7. The van der Waals surface area contributed by atoms with E-state index < -0.39 is 4.92 Å². The molecule has 8 nitrogen and oxygen atoms in total. The lowest BCUT2D eigenvalue weighted by Crippen LogP contribution is -2.16. The summed E-state index contributed by atoms with van der Waals surface area (Å²) >= 11 is 0. The van der Waals surface area contributed by atoms with Gasteiger partial charge in [-0.15, -0.1) is 0 Å². The average Bonchev–Trinajstić information content (AvgIpc) is 2.69. The molecule has 2 heterocycles. The lowest BCUT2D eigenvalue weighted by atomic mass is 10.1. The van der Waals surface area contributed by atoms with Gasteiger partial charge in [0.1, 0.15) is 5.82 Å².